The number of thiol groups is 1. The lowest BCUT2D eigenvalue weighted by atomic mass is 10.9. The summed E-state index contributed by atoms with van der Waals surface area (Å²) in [6, 6.07) is 0. The third-order valence-electron chi connectivity index (χ3n) is 0.247. The molecule has 0 aliphatic heterocycles. The Labute approximate surface area is 47.8 Å². The predicted octanol–water partition coefficient (Wildman–Crippen LogP) is 0.772. The summed E-state index contributed by atoms with van der Waals surface area (Å²) < 4.78 is 0. The van der Waals surface area contributed by atoms with Crippen molar-refractivity contribution in [3.8, 4) is 0 Å². The molecule has 0 saturated heterocycles. The first-order valence-corrected chi connectivity index (χ1v) is 2.33. The van der Waals surface area contributed by atoms with Crippen molar-refractivity contribution in [3.63, 3.8) is 0 Å². The monoisotopic (exact) mass is 124 g/mol. The molecule has 3 nitrogen and oxygen atoms in total. The van der Waals surface area contributed by atoms with Gasteiger partial charge in [-0.05, 0) is 6.92 Å². The zero-order valence-electron chi connectivity index (χ0n) is 4.25. The first-order valence-electron chi connectivity index (χ1n) is 1.81. The zero-order chi connectivity index (χ0) is 5.70. The molecule has 0 aliphatic rings. The van der Waals surface area contributed by atoms with E-state index in [2.05, 4.69) is 27.4 Å². The van der Waals surface area contributed by atoms with Gasteiger partial charge in [0.1, 0.15) is 5.44 Å². The number of hydrogen-bond acceptors (Lipinski definition) is 4. The molecule has 0 aromatic carbocycles. The molecule has 0 aromatic rings. The lowest BCUT2D eigenvalue weighted by molar-refractivity contribution is -0.505. The summed E-state index contributed by atoms with van der Waals surface area (Å²) in [5.41, 5.74) is -0.250. The normalized spacial score (nSPS) is 14.1. The van der Waals surface area contributed by atoms with Crippen LogP contribution in [-0.4, -0.2) is 12.5 Å². The van der Waals surface area contributed by atoms with E-state index in [0.29, 0.717) is 0 Å². The molecule has 0 radical (unpaired) electrons. The van der Waals surface area contributed by atoms with Crippen LogP contribution in [-0.2, 0) is 14.8 Å². The standard InChI is InChI=1S/C3H8O3S/c1-3(7)5-6-4-2/h3,7H,1-2H3. The Balaban J connectivity index is 2.68. The highest BCUT2D eigenvalue weighted by Crippen LogP contribution is 1.93. The third-order valence-corrected chi connectivity index (χ3v) is 0.333. The highest BCUT2D eigenvalue weighted by Gasteiger charge is 1.90. The van der Waals surface area contributed by atoms with Crippen molar-refractivity contribution in [1.29, 1.82) is 0 Å². The van der Waals surface area contributed by atoms with E-state index in [1.54, 1.807) is 6.92 Å². The van der Waals surface area contributed by atoms with Gasteiger partial charge in [0.2, 0.25) is 0 Å². The maximum absolute atomic E-state index is 4.33. The molecule has 0 aliphatic carbocycles. The van der Waals surface area contributed by atoms with Crippen LogP contribution in [0.5, 0.6) is 0 Å². The van der Waals surface area contributed by atoms with Crippen molar-refractivity contribution in [2.24, 2.45) is 0 Å². The van der Waals surface area contributed by atoms with Crippen molar-refractivity contribution < 1.29 is 14.8 Å². The fourth-order valence-corrected chi connectivity index (χ4v) is 0.131. The third kappa shape index (κ3) is 6.23. The van der Waals surface area contributed by atoms with Crippen LogP contribution >= 0.6 is 12.6 Å². The van der Waals surface area contributed by atoms with Crippen molar-refractivity contribution in [2.45, 2.75) is 12.4 Å². The van der Waals surface area contributed by atoms with E-state index in [1.807, 2.05) is 0 Å². The van der Waals surface area contributed by atoms with Crippen molar-refractivity contribution in [1.82, 2.24) is 0 Å². The highest BCUT2D eigenvalue weighted by atomic mass is 32.1. The van der Waals surface area contributed by atoms with E-state index >= 15 is 0 Å². The Kier molecular flexibility index (Phi) is 4.53. The smallest absolute Gasteiger partial charge is 0.136 e. The quantitative estimate of drug-likeness (QED) is 0.261. The average molecular weight is 124 g/mol. The summed E-state index contributed by atoms with van der Waals surface area (Å²) >= 11 is 3.80. The fraction of sp³-hybridized carbons (Fsp3) is 1.00. The van der Waals surface area contributed by atoms with Crippen molar-refractivity contribution >= 4 is 12.6 Å². The SMILES string of the molecule is COOOC(C)S. The summed E-state index contributed by atoms with van der Waals surface area (Å²) in [7, 11) is 1.36. The van der Waals surface area contributed by atoms with Crippen LogP contribution in [0.25, 0.3) is 0 Å². The highest BCUT2D eigenvalue weighted by molar-refractivity contribution is 7.80. The van der Waals surface area contributed by atoms with Crippen LogP contribution in [0.15, 0.2) is 0 Å². The first kappa shape index (κ1) is 7.23. The average Bonchev–Trinajstić information content (AvgIpc) is 1.61. The minimum atomic E-state index is -0.250. The second-order valence-corrected chi connectivity index (χ2v) is 1.66. The van der Waals surface area contributed by atoms with E-state index in [-0.39, 0.29) is 5.44 Å². The van der Waals surface area contributed by atoms with Gasteiger partial charge in [-0.3, -0.25) is 0 Å². The van der Waals surface area contributed by atoms with Gasteiger partial charge in [-0.1, -0.05) is 5.04 Å². The lowest BCUT2D eigenvalue weighted by Gasteiger charge is -1.99. The molecular formula is C3H8O3S. The largest absolute Gasteiger partial charge is 0.209 e. The van der Waals surface area contributed by atoms with Crippen LogP contribution in [0.4, 0.5) is 0 Å². The maximum Gasteiger partial charge on any atom is 0.136 e. The summed E-state index contributed by atoms with van der Waals surface area (Å²) in [5.74, 6) is 0. The lowest BCUT2D eigenvalue weighted by Crippen LogP contribution is -1.99. The second-order valence-electron chi connectivity index (χ2n) is 0.930. The fourth-order valence-electron chi connectivity index (χ4n) is 0.0961. The Morgan fingerprint density at radius 2 is 2.14 bits per heavy atom. The molecule has 0 amide bonds. The molecule has 0 saturated carbocycles. The van der Waals surface area contributed by atoms with Gasteiger partial charge in [-0.2, -0.15) is 4.89 Å². The Morgan fingerprint density at radius 3 is 2.29 bits per heavy atom. The zero-order valence-corrected chi connectivity index (χ0v) is 5.14. The molecular weight excluding hydrogens is 116 g/mol. The molecule has 0 N–H and O–H groups in total. The summed E-state index contributed by atoms with van der Waals surface area (Å²) in [6.45, 7) is 1.71. The minimum Gasteiger partial charge on any atom is -0.209 e. The molecule has 1 atom stereocenters. The van der Waals surface area contributed by atoms with Gasteiger partial charge < -0.3 is 0 Å². The second kappa shape index (κ2) is 4.39. The van der Waals surface area contributed by atoms with Gasteiger partial charge in [0, 0.05) is 0 Å². The minimum absolute atomic E-state index is 0.250. The van der Waals surface area contributed by atoms with E-state index in [4.69, 9.17) is 0 Å². The number of rotatable bonds is 3. The summed E-state index contributed by atoms with van der Waals surface area (Å²) in [6.07, 6.45) is 0. The molecule has 1 unspecified atom stereocenters. The number of hydrogen-bond donors (Lipinski definition) is 1. The Hall–Kier alpha value is 0.230. The van der Waals surface area contributed by atoms with Gasteiger partial charge >= 0.3 is 0 Å². The molecule has 0 aromatic heterocycles. The van der Waals surface area contributed by atoms with Crippen molar-refractivity contribution in [2.75, 3.05) is 7.11 Å². The van der Waals surface area contributed by atoms with Gasteiger partial charge in [-0.25, -0.2) is 4.89 Å². The van der Waals surface area contributed by atoms with Crippen LogP contribution in [0, 0.1) is 0 Å². The maximum atomic E-state index is 4.33. The van der Waals surface area contributed by atoms with Crippen LogP contribution in [0.1, 0.15) is 6.92 Å². The van der Waals surface area contributed by atoms with Crippen molar-refractivity contribution in [3.05, 3.63) is 0 Å². The molecule has 0 heterocycles. The molecule has 7 heavy (non-hydrogen) atoms. The van der Waals surface area contributed by atoms with Gasteiger partial charge in [0.15, 0.2) is 0 Å². The Bertz CT molecular complexity index is 39.2. The molecule has 0 fully saturated rings. The molecule has 0 rings (SSSR count). The van der Waals surface area contributed by atoms with E-state index < -0.39 is 0 Å². The van der Waals surface area contributed by atoms with Crippen LogP contribution in [0.3, 0.4) is 0 Å². The van der Waals surface area contributed by atoms with Crippen LogP contribution < -0.4 is 0 Å². The molecule has 0 bridgehead atoms. The van der Waals surface area contributed by atoms with E-state index in [0.717, 1.165) is 0 Å². The van der Waals surface area contributed by atoms with Gasteiger partial charge in [-0.15, -0.1) is 12.6 Å². The van der Waals surface area contributed by atoms with Crippen LogP contribution in [0.2, 0.25) is 0 Å². The van der Waals surface area contributed by atoms with Gasteiger partial charge in [0.25, 0.3) is 0 Å². The summed E-state index contributed by atoms with van der Waals surface area (Å²) in [5, 5.41) is 4.02. The Morgan fingerprint density at radius 1 is 1.57 bits per heavy atom. The first-order chi connectivity index (χ1) is 3.27. The topological polar surface area (TPSA) is 27.7 Å². The summed E-state index contributed by atoms with van der Waals surface area (Å²) in [4.78, 5) is 8.41. The molecule has 44 valence electrons. The van der Waals surface area contributed by atoms with E-state index in [1.165, 1.54) is 7.11 Å². The molecule has 4 heteroatoms. The van der Waals surface area contributed by atoms with E-state index in [9.17, 15) is 0 Å². The predicted molar refractivity (Wildman–Crippen MR) is 27.6 cm³/mol. The molecule has 0 spiro atoms. The van der Waals surface area contributed by atoms with Gasteiger partial charge in [0.05, 0.1) is 7.11 Å².